The minimum atomic E-state index is -4.52. The van der Waals surface area contributed by atoms with Crippen LogP contribution < -0.4 is 0 Å². The molecule has 0 spiro atoms. The predicted octanol–water partition coefficient (Wildman–Crippen LogP) is 0.879. The molecular weight excluding hydrogens is 201 g/mol. The second kappa shape index (κ2) is 2.69. The number of fused-ring (bicyclic) bond motifs is 1. The first-order chi connectivity index (χ1) is 6.54. The molecule has 14 heavy (non-hydrogen) atoms. The van der Waals surface area contributed by atoms with Crippen molar-refractivity contribution in [3.8, 4) is 0 Å². The summed E-state index contributed by atoms with van der Waals surface area (Å²) in [5.41, 5.74) is 0.132. The van der Waals surface area contributed by atoms with Crippen molar-refractivity contribution in [2.45, 2.75) is 19.1 Å². The third kappa shape index (κ3) is 1.14. The summed E-state index contributed by atoms with van der Waals surface area (Å²) in [6, 6.07) is 0. The average molecular weight is 206 g/mol. The van der Waals surface area contributed by atoms with E-state index >= 15 is 0 Å². The molecular formula is C6H5F3N4O. The number of alkyl halides is 3. The Balaban J connectivity index is 2.51. The summed E-state index contributed by atoms with van der Waals surface area (Å²) in [6.07, 6.45) is -4.28. The fraction of sp³-hybridized carbons (Fsp3) is 0.500. The number of hydrogen-bond acceptors (Lipinski definition) is 4. The molecule has 1 aromatic rings. The Kier molecular flexibility index (Phi) is 1.73. The SMILES string of the molecule is O/N=C1/CCn2c1nnc2C(F)(F)F. The largest absolute Gasteiger partial charge is 0.451 e. The lowest BCUT2D eigenvalue weighted by molar-refractivity contribution is -0.147. The molecule has 0 saturated carbocycles. The first kappa shape index (κ1) is 8.97. The highest BCUT2D eigenvalue weighted by atomic mass is 19.4. The molecule has 0 amide bonds. The van der Waals surface area contributed by atoms with Crippen molar-refractivity contribution in [3.05, 3.63) is 11.6 Å². The molecule has 0 aliphatic carbocycles. The van der Waals surface area contributed by atoms with Crippen LogP contribution in [0.25, 0.3) is 0 Å². The van der Waals surface area contributed by atoms with E-state index in [4.69, 9.17) is 5.21 Å². The molecule has 1 aromatic heterocycles. The molecule has 0 aromatic carbocycles. The molecule has 1 N–H and O–H groups in total. The van der Waals surface area contributed by atoms with E-state index in [1.165, 1.54) is 0 Å². The van der Waals surface area contributed by atoms with Crippen LogP contribution in [0.1, 0.15) is 18.1 Å². The van der Waals surface area contributed by atoms with E-state index in [0.29, 0.717) is 0 Å². The Morgan fingerprint density at radius 1 is 1.36 bits per heavy atom. The highest BCUT2D eigenvalue weighted by molar-refractivity contribution is 5.98. The minimum absolute atomic E-state index is 0.0141. The summed E-state index contributed by atoms with van der Waals surface area (Å²) < 4.78 is 37.7. The van der Waals surface area contributed by atoms with Crippen molar-refractivity contribution in [2.24, 2.45) is 5.16 Å². The van der Waals surface area contributed by atoms with Gasteiger partial charge in [0, 0.05) is 13.0 Å². The van der Waals surface area contributed by atoms with Gasteiger partial charge in [0.15, 0.2) is 5.82 Å². The molecule has 8 heteroatoms. The summed E-state index contributed by atoms with van der Waals surface area (Å²) in [5.74, 6) is -1.06. The van der Waals surface area contributed by atoms with Crippen LogP contribution in [0.2, 0.25) is 0 Å². The normalized spacial score (nSPS) is 18.9. The lowest BCUT2D eigenvalue weighted by Crippen LogP contribution is -2.13. The summed E-state index contributed by atoms with van der Waals surface area (Å²) in [7, 11) is 0. The van der Waals surface area contributed by atoms with Crippen molar-refractivity contribution in [1.82, 2.24) is 14.8 Å². The third-order valence-corrected chi connectivity index (χ3v) is 1.96. The Hall–Kier alpha value is -1.60. The van der Waals surface area contributed by atoms with Crippen molar-refractivity contribution >= 4 is 5.71 Å². The molecule has 1 aliphatic rings. The maximum absolute atomic E-state index is 12.3. The van der Waals surface area contributed by atoms with E-state index in [0.717, 1.165) is 4.57 Å². The zero-order chi connectivity index (χ0) is 10.3. The predicted molar refractivity (Wildman–Crippen MR) is 38.0 cm³/mol. The van der Waals surface area contributed by atoms with Gasteiger partial charge in [-0.3, -0.25) is 0 Å². The van der Waals surface area contributed by atoms with E-state index in [1.807, 2.05) is 0 Å². The van der Waals surface area contributed by atoms with E-state index in [9.17, 15) is 13.2 Å². The quantitative estimate of drug-likeness (QED) is 0.506. The van der Waals surface area contributed by atoms with Crippen LogP contribution in [0.4, 0.5) is 13.2 Å². The second-order valence-corrected chi connectivity index (χ2v) is 2.79. The smallest absolute Gasteiger partial charge is 0.411 e. The van der Waals surface area contributed by atoms with Gasteiger partial charge in [0.05, 0.1) is 0 Å². The van der Waals surface area contributed by atoms with Gasteiger partial charge in [0.2, 0.25) is 5.82 Å². The first-order valence-electron chi connectivity index (χ1n) is 3.75. The summed E-state index contributed by atoms with van der Waals surface area (Å²) in [6.45, 7) is 0.0938. The van der Waals surface area contributed by atoms with Crippen LogP contribution in [-0.4, -0.2) is 25.7 Å². The van der Waals surface area contributed by atoms with Gasteiger partial charge in [0.1, 0.15) is 5.71 Å². The Bertz CT molecular complexity index is 394. The van der Waals surface area contributed by atoms with Gasteiger partial charge in [-0.2, -0.15) is 13.2 Å². The number of rotatable bonds is 0. The summed E-state index contributed by atoms with van der Waals surface area (Å²) in [4.78, 5) is 0. The molecule has 5 nitrogen and oxygen atoms in total. The molecule has 0 fully saturated rings. The van der Waals surface area contributed by atoms with Crippen LogP contribution in [-0.2, 0) is 12.7 Å². The number of halogens is 3. The molecule has 1 aliphatic heterocycles. The van der Waals surface area contributed by atoms with Crippen LogP contribution in [0, 0.1) is 0 Å². The molecule has 0 atom stereocenters. The van der Waals surface area contributed by atoms with Crippen LogP contribution in [0.15, 0.2) is 5.16 Å². The third-order valence-electron chi connectivity index (χ3n) is 1.96. The highest BCUT2D eigenvalue weighted by Crippen LogP contribution is 2.30. The van der Waals surface area contributed by atoms with Gasteiger partial charge in [-0.05, 0) is 0 Å². The fourth-order valence-corrected chi connectivity index (χ4v) is 1.36. The number of hydrogen-bond donors (Lipinski definition) is 1. The zero-order valence-corrected chi connectivity index (χ0v) is 6.78. The molecule has 76 valence electrons. The van der Waals surface area contributed by atoms with E-state index < -0.39 is 12.0 Å². The highest BCUT2D eigenvalue weighted by Gasteiger charge is 2.40. The topological polar surface area (TPSA) is 63.3 Å². The van der Waals surface area contributed by atoms with Crippen molar-refractivity contribution in [3.63, 3.8) is 0 Å². The van der Waals surface area contributed by atoms with E-state index in [2.05, 4.69) is 15.4 Å². The van der Waals surface area contributed by atoms with Crippen LogP contribution in [0.5, 0.6) is 0 Å². The summed E-state index contributed by atoms with van der Waals surface area (Å²) >= 11 is 0. The minimum Gasteiger partial charge on any atom is -0.411 e. The van der Waals surface area contributed by atoms with Crippen molar-refractivity contribution in [1.29, 1.82) is 0 Å². The lowest BCUT2D eigenvalue weighted by atomic mass is 10.3. The number of oxime groups is 1. The second-order valence-electron chi connectivity index (χ2n) is 2.79. The molecule has 2 rings (SSSR count). The van der Waals surface area contributed by atoms with Crippen molar-refractivity contribution in [2.75, 3.05) is 0 Å². The average Bonchev–Trinajstić information content (AvgIpc) is 2.59. The lowest BCUT2D eigenvalue weighted by Gasteiger charge is -2.04. The maximum atomic E-state index is 12.3. The standard InChI is InChI=1S/C6H5F3N4O/c7-6(8,9)5-11-10-4-3(12-14)1-2-13(4)5/h14H,1-2H2/b12-3-. The Morgan fingerprint density at radius 3 is 2.64 bits per heavy atom. The Morgan fingerprint density at radius 2 is 2.07 bits per heavy atom. The van der Waals surface area contributed by atoms with Gasteiger partial charge in [-0.1, -0.05) is 5.16 Å². The monoisotopic (exact) mass is 206 g/mol. The van der Waals surface area contributed by atoms with Crippen LogP contribution in [0.3, 0.4) is 0 Å². The van der Waals surface area contributed by atoms with Gasteiger partial charge in [-0.25, -0.2) is 0 Å². The maximum Gasteiger partial charge on any atom is 0.451 e. The number of nitrogens with zero attached hydrogens (tertiary/aromatic N) is 4. The molecule has 2 heterocycles. The van der Waals surface area contributed by atoms with Crippen LogP contribution >= 0.6 is 0 Å². The Labute approximate surface area is 75.9 Å². The molecule has 0 saturated heterocycles. The molecule has 0 bridgehead atoms. The van der Waals surface area contributed by atoms with E-state index in [1.54, 1.807) is 0 Å². The molecule has 0 unspecified atom stereocenters. The fourth-order valence-electron chi connectivity index (χ4n) is 1.36. The van der Waals surface area contributed by atoms with Gasteiger partial charge < -0.3 is 9.77 Å². The van der Waals surface area contributed by atoms with Gasteiger partial charge in [0.25, 0.3) is 0 Å². The van der Waals surface area contributed by atoms with Gasteiger partial charge in [-0.15, -0.1) is 10.2 Å². The molecule has 0 radical (unpaired) electrons. The number of aromatic nitrogens is 3. The zero-order valence-electron chi connectivity index (χ0n) is 6.78. The van der Waals surface area contributed by atoms with Gasteiger partial charge >= 0.3 is 6.18 Å². The van der Waals surface area contributed by atoms with E-state index in [-0.39, 0.29) is 24.5 Å². The summed E-state index contributed by atoms with van der Waals surface area (Å²) in [5, 5.41) is 17.6. The van der Waals surface area contributed by atoms with Crippen molar-refractivity contribution < 1.29 is 18.4 Å². The first-order valence-corrected chi connectivity index (χ1v) is 3.75.